The SMILES string of the molecule is C[C@@H]1CCCN1CCc1cc2cc(C(=O)c3cc(F)cc(F)c3)ccc2o1.O=C(O)[C@H](O)[C@@H](O)C(=O)O. The number of aliphatic hydroxyl groups excluding tert-OH is 2. The highest BCUT2D eigenvalue weighted by atomic mass is 19.1. The van der Waals surface area contributed by atoms with Crippen molar-refractivity contribution in [2.75, 3.05) is 13.1 Å². The molecule has 4 rings (SSSR count). The molecule has 37 heavy (non-hydrogen) atoms. The number of hydrogen-bond acceptors (Lipinski definition) is 7. The number of carbonyl (C=O) groups is 3. The van der Waals surface area contributed by atoms with Crippen LogP contribution in [-0.2, 0) is 16.0 Å². The van der Waals surface area contributed by atoms with Crippen molar-refractivity contribution in [3.8, 4) is 0 Å². The fourth-order valence-corrected chi connectivity index (χ4v) is 4.06. The number of carboxylic acids is 2. The molecule has 1 aliphatic heterocycles. The van der Waals surface area contributed by atoms with Gasteiger partial charge in [-0.2, -0.15) is 0 Å². The number of rotatable bonds is 8. The predicted molar refractivity (Wildman–Crippen MR) is 127 cm³/mol. The smallest absolute Gasteiger partial charge is 0.335 e. The van der Waals surface area contributed by atoms with Crippen LogP contribution in [0.2, 0.25) is 0 Å². The number of hydrogen-bond donors (Lipinski definition) is 4. The van der Waals surface area contributed by atoms with Crippen molar-refractivity contribution in [1.29, 1.82) is 0 Å². The molecule has 2 aromatic carbocycles. The summed E-state index contributed by atoms with van der Waals surface area (Å²) in [6.45, 7) is 4.33. The number of aliphatic hydroxyl groups is 2. The predicted octanol–water partition coefficient (Wildman–Crippen LogP) is 2.85. The van der Waals surface area contributed by atoms with Gasteiger partial charge in [0.2, 0.25) is 0 Å². The van der Waals surface area contributed by atoms with Gasteiger partial charge in [0.05, 0.1) is 0 Å². The number of ketones is 1. The molecule has 0 radical (unpaired) electrons. The Kier molecular flexibility index (Phi) is 9.09. The Morgan fingerprint density at radius 1 is 0.973 bits per heavy atom. The average molecular weight is 519 g/mol. The minimum Gasteiger partial charge on any atom is -0.479 e. The summed E-state index contributed by atoms with van der Waals surface area (Å²) in [4.78, 5) is 34.6. The zero-order valence-corrected chi connectivity index (χ0v) is 19.9. The van der Waals surface area contributed by atoms with E-state index in [2.05, 4.69) is 11.8 Å². The molecule has 1 aliphatic rings. The van der Waals surface area contributed by atoms with Crippen LogP contribution in [0.5, 0.6) is 0 Å². The molecule has 4 N–H and O–H groups in total. The van der Waals surface area contributed by atoms with Gasteiger partial charge in [-0.25, -0.2) is 18.4 Å². The zero-order valence-electron chi connectivity index (χ0n) is 19.9. The Bertz CT molecular complexity index is 1250. The van der Waals surface area contributed by atoms with Gasteiger partial charge in [-0.3, -0.25) is 4.79 Å². The third-order valence-electron chi connectivity index (χ3n) is 6.10. The maximum Gasteiger partial charge on any atom is 0.335 e. The van der Waals surface area contributed by atoms with Crippen LogP contribution in [-0.4, -0.2) is 74.4 Å². The topological polar surface area (TPSA) is 149 Å². The van der Waals surface area contributed by atoms with Crippen molar-refractivity contribution < 1.29 is 48.0 Å². The summed E-state index contributed by atoms with van der Waals surface area (Å²) in [5, 5.41) is 33.3. The van der Waals surface area contributed by atoms with E-state index in [1.165, 1.54) is 12.8 Å². The highest BCUT2D eigenvalue weighted by Gasteiger charge is 2.29. The van der Waals surface area contributed by atoms with Gasteiger partial charge in [-0.15, -0.1) is 0 Å². The quantitative estimate of drug-likeness (QED) is 0.330. The molecule has 198 valence electrons. The van der Waals surface area contributed by atoms with Crippen LogP contribution in [0.1, 0.15) is 41.4 Å². The second-order valence-corrected chi connectivity index (χ2v) is 8.80. The lowest BCUT2D eigenvalue weighted by Gasteiger charge is -2.19. The molecule has 0 amide bonds. The van der Waals surface area contributed by atoms with Crippen LogP contribution in [0.15, 0.2) is 46.9 Å². The molecule has 3 atom stereocenters. The van der Waals surface area contributed by atoms with E-state index in [0.717, 1.165) is 48.9 Å². The highest BCUT2D eigenvalue weighted by molar-refractivity contribution is 6.10. The summed E-state index contributed by atoms with van der Waals surface area (Å²) in [6, 6.07) is 10.5. The van der Waals surface area contributed by atoms with E-state index < -0.39 is 41.6 Å². The summed E-state index contributed by atoms with van der Waals surface area (Å²) in [5.41, 5.74) is 1.09. The summed E-state index contributed by atoms with van der Waals surface area (Å²) >= 11 is 0. The minimum absolute atomic E-state index is 0.00131. The normalized spacial score (nSPS) is 17.2. The van der Waals surface area contributed by atoms with Crippen molar-refractivity contribution in [2.45, 2.75) is 44.4 Å². The van der Waals surface area contributed by atoms with Crippen molar-refractivity contribution in [3.63, 3.8) is 0 Å². The van der Waals surface area contributed by atoms with Gasteiger partial charge in [0.25, 0.3) is 0 Å². The van der Waals surface area contributed by atoms with E-state index in [4.69, 9.17) is 24.8 Å². The average Bonchev–Trinajstić information content (AvgIpc) is 3.45. The molecular weight excluding hydrogens is 492 g/mol. The van der Waals surface area contributed by atoms with Gasteiger partial charge >= 0.3 is 11.9 Å². The van der Waals surface area contributed by atoms with Crippen molar-refractivity contribution in [3.05, 3.63) is 71.0 Å². The van der Waals surface area contributed by atoms with Crippen LogP contribution in [0.3, 0.4) is 0 Å². The Hall–Kier alpha value is -3.67. The van der Waals surface area contributed by atoms with E-state index in [1.54, 1.807) is 18.2 Å². The molecule has 1 fully saturated rings. The van der Waals surface area contributed by atoms with E-state index in [-0.39, 0.29) is 5.56 Å². The summed E-state index contributed by atoms with van der Waals surface area (Å²) in [7, 11) is 0. The van der Waals surface area contributed by atoms with Crippen LogP contribution in [0.4, 0.5) is 8.78 Å². The largest absolute Gasteiger partial charge is 0.479 e. The number of likely N-dealkylation sites (tertiary alicyclic amines) is 1. The van der Waals surface area contributed by atoms with E-state index in [1.807, 2.05) is 6.07 Å². The molecule has 0 spiro atoms. The van der Waals surface area contributed by atoms with Crippen LogP contribution < -0.4 is 0 Å². The highest BCUT2D eigenvalue weighted by Crippen LogP contribution is 2.24. The lowest BCUT2D eigenvalue weighted by Crippen LogP contribution is -2.39. The molecule has 0 saturated carbocycles. The number of nitrogens with zero attached hydrogens (tertiary/aromatic N) is 1. The molecule has 0 aliphatic carbocycles. The van der Waals surface area contributed by atoms with Gasteiger partial charge in [0.15, 0.2) is 18.0 Å². The monoisotopic (exact) mass is 519 g/mol. The van der Waals surface area contributed by atoms with Gasteiger partial charge in [-0.1, -0.05) is 0 Å². The standard InChI is InChI=1S/C22H21F2NO2.C4H6O6/c1-14-3-2-7-25(14)8-6-20-12-16-9-15(4-5-21(16)27-20)22(26)17-10-18(23)13-19(24)11-17;5-1(3(7)8)2(6)4(9)10/h4-5,9-14H,2-3,6-8H2,1H3;1-2,5-6H,(H,7,8)(H,9,10)/t14-;1-,2-/m11/s1. The summed E-state index contributed by atoms with van der Waals surface area (Å²) in [5.74, 6) is -4.60. The van der Waals surface area contributed by atoms with Crippen LogP contribution >= 0.6 is 0 Å². The second kappa shape index (κ2) is 12.0. The molecule has 2 heterocycles. The van der Waals surface area contributed by atoms with Crippen molar-refractivity contribution in [1.82, 2.24) is 4.90 Å². The zero-order chi connectivity index (χ0) is 27.3. The number of halogens is 2. The Morgan fingerprint density at radius 2 is 1.59 bits per heavy atom. The molecule has 0 unspecified atom stereocenters. The first-order valence-corrected chi connectivity index (χ1v) is 11.6. The maximum atomic E-state index is 13.4. The van der Waals surface area contributed by atoms with E-state index >= 15 is 0 Å². The van der Waals surface area contributed by atoms with Gasteiger partial charge < -0.3 is 29.7 Å². The molecule has 0 bridgehead atoms. The number of furan rings is 1. The number of benzene rings is 2. The van der Waals surface area contributed by atoms with Crippen LogP contribution in [0.25, 0.3) is 11.0 Å². The first-order valence-electron chi connectivity index (χ1n) is 11.6. The molecule has 9 nitrogen and oxygen atoms in total. The maximum absolute atomic E-state index is 13.4. The van der Waals surface area contributed by atoms with Gasteiger partial charge in [0.1, 0.15) is 23.0 Å². The number of aliphatic carboxylic acids is 2. The summed E-state index contributed by atoms with van der Waals surface area (Å²) < 4.78 is 32.7. The lowest BCUT2D eigenvalue weighted by atomic mass is 10.0. The van der Waals surface area contributed by atoms with Gasteiger partial charge in [-0.05, 0) is 62.7 Å². The second-order valence-electron chi connectivity index (χ2n) is 8.80. The van der Waals surface area contributed by atoms with Crippen molar-refractivity contribution in [2.24, 2.45) is 0 Å². The lowest BCUT2D eigenvalue weighted by molar-refractivity contribution is -0.165. The third-order valence-corrected chi connectivity index (χ3v) is 6.10. The minimum atomic E-state index is -2.27. The first-order chi connectivity index (χ1) is 17.5. The molecule has 1 saturated heterocycles. The Balaban J connectivity index is 0.000000325. The summed E-state index contributed by atoms with van der Waals surface area (Å²) in [6.07, 6.45) is -1.23. The van der Waals surface area contributed by atoms with E-state index in [9.17, 15) is 23.2 Å². The van der Waals surface area contributed by atoms with Crippen LogP contribution in [0, 0.1) is 11.6 Å². The number of carbonyl (C=O) groups excluding carboxylic acids is 1. The van der Waals surface area contributed by atoms with Gasteiger partial charge in [0, 0.05) is 41.6 Å². The Labute approximate surface area is 210 Å². The fraction of sp³-hybridized carbons (Fsp3) is 0.346. The fourth-order valence-electron chi connectivity index (χ4n) is 4.06. The molecule has 1 aromatic heterocycles. The number of fused-ring (bicyclic) bond motifs is 1. The molecule has 3 aromatic rings. The third kappa shape index (κ3) is 7.19. The number of carboxylic acid groups (broad SMARTS) is 2. The molecule has 11 heteroatoms. The van der Waals surface area contributed by atoms with E-state index in [0.29, 0.717) is 17.2 Å². The first kappa shape index (κ1) is 27.9. The molecular formula is C26H27F2NO8. The Morgan fingerprint density at radius 3 is 2.14 bits per heavy atom. The van der Waals surface area contributed by atoms with Crippen molar-refractivity contribution >= 4 is 28.7 Å².